The summed E-state index contributed by atoms with van der Waals surface area (Å²) in [5.74, 6) is 0.853. The topological polar surface area (TPSA) is 29.1 Å². The zero-order valence-electron chi connectivity index (χ0n) is 13.2. The lowest BCUT2D eigenvalue weighted by Gasteiger charge is -2.20. The Labute approximate surface area is 126 Å². The summed E-state index contributed by atoms with van der Waals surface area (Å²) in [6.45, 7) is 8.76. The van der Waals surface area contributed by atoms with Gasteiger partial charge in [0.25, 0.3) is 0 Å². The van der Waals surface area contributed by atoms with Gasteiger partial charge >= 0.3 is 0 Å². The van der Waals surface area contributed by atoms with Crippen LogP contribution in [0, 0.1) is 0 Å². The van der Waals surface area contributed by atoms with E-state index in [1.54, 1.807) is 18.2 Å². The molecule has 1 N–H and O–H groups in total. The molecule has 0 saturated carbocycles. The summed E-state index contributed by atoms with van der Waals surface area (Å²) in [7, 11) is 0. The lowest BCUT2D eigenvalue weighted by molar-refractivity contribution is 0.838. The molecule has 0 heterocycles. The van der Waals surface area contributed by atoms with Gasteiger partial charge < -0.3 is 5.32 Å². The fourth-order valence-corrected chi connectivity index (χ4v) is 2.48. The van der Waals surface area contributed by atoms with E-state index >= 15 is 0 Å². The maximum Gasteiger partial charge on any atom is 0.180 e. The van der Waals surface area contributed by atoms with E-state index in [0.717, 1.165) is 11.4 Å². The Morgan fingerprint density at radius 1 is 0.810 bits per heavy atom. The summed E-state index contributed by atoms with van der Waals surface area (Å²) >= 11 is 0. The lowest BCUT2D eigenvalue weighted by atomic mass is 9.92. The van der Waals surface area contributed by atoms with Crippen molar-refractivity contribution in [2.24, 2.45) is 0 Å². The second kappa shape index (κ2) is 6.57. The quantitative estimate of drug-likeness (QED) is 0.851. The molecule has 0 bridgehead atoms. The molecule has 0 aliphatic carbocycles. The minimum atomic E-state index is 0.00984. The van der Waals surface area contributed by atoms with Gasteiger partial charge in [-0.15, -0.1) is 0 Å². The number of benzene rings is 1. The van der Waals surface area contributed by atoms with Crippen LogP contribution in [-0.2, 0) is 0 Å². The molecule has 0 aliphatic rings. The third-order valence-corrected chi connectivity index (χ3v) is 3.59. The van der Waals surface area contributed by atoms with Gasteiger partial charge in [-0.05, 0) is 35.1 Å². The highest BCUT2D eigenvalue weighted by Gasteiger charge is 2.13. The number of rotatable bonds is 4. The Hall–Kier alpha value is -2.09. The largest absolute Gasteiger partial charge is 0.355 e. The van der Waals surface area contributed by atoms with E-state index in [4.69, 9.17) is 0 Å². The van der Waals surface area contributed by atoms with Gasteiger partial charge in [0, 0.05) is 17.4 Å². The Kier molecular flexibility index (Phi) is 4.79. The summed E-state index contributed by atoms with van der Waals surface area (Å²) in [5.41, 5.74) is 4.53. The van der Waals surface area contributed by atoms with Gasteiger partial charge in [-0.3, -0.25) is 4.79 Å². The van der Waals surface area contributed by atoms with Crippen molar-refractivity contribution in [2.75, 3.05) is 5.32 Å². The van der Waals surface area contributed by atoms with Crippen LogP contribution in [0.15, 0.2) is 53.3 Å². The van der Waals surface area contributed by atoms with Crippen molar-refractivity contribution in [1.29, 1.82) is 0 Å². The average Bonchev–Trinajstić information content (AvgIpc) is 2.62. The first-order valence-electron chi connectivity index (χ1n) is 7.49. The van der Waals surface area contributed by atoms with Crippen LogP contribution in [0.3, 0.4) is 0 Å². The van der Waals surface area contributed by atoms with Crippen LogP contribution in [0.4, 0.5) is 11.4 Å². The summed E-state index contributed by atoms with van der Waals surface area (Å²) < 4.78 is 0. The highest BCUT2D eigenvalue weighted by Crippen LogP contribution is 2.34. The van der Waals surface area contributed by atoms with Crippen molar-refractivity contribution >= 4 is 11.4 Å². The second-order valence-corrected chi connectivity index (χ2v) is 5.97. The predicted octanol–water partition coefficient (Wildman–Crippen LogP) is 5.04. The molecule has 2 rings (SSSR count). The van der Waals surface area contributed by atoms with Crippen molar-refractivity contribution < 1.29 is 0 Å². The highest BCUT2D eigenvalue weighted by atomic mass is 16.1. The number of anilines is 2. The molecule has 2 heteroatoms. The molecule has 0 fully saturated rings. The van der Waals surface area contributed by atoms with Gasteiger partial charge in [-0.25, -0.2) is 0 Å². The minimum absolute atomic E-state index is 0.00984. The first-order chi connectivity index (χ1) is 9.99. The standard InChI is InChI=1S/C19H23NO/c1-13(2)17-10-7-11-18(14(3)4)19(17)20-15-8-5-6-9-16(21)12-15/h5-14,20H,1-4H3. The molecular formula is C19H23NO. The molecule has 0 radical (unpaired) electrons. The van der Waals surface area contributed by atoms with Gasteiger partial charge in [0.05, 0.1) is 0 Å². The minimum Gasteiger partial charge on any atom is -0.355 e. The van der Waals surface area contributed by atoms with Crippen molar-refractivity contribution in [1.82, 2.24) is 0 Å². The van der Waals surface area contributed by atoms with Crippen LogP contribution < -0.4 is 10.7 Å². The van der Waals surface area contributed by atoms with Crippen LogP contribution in [0.5, 0.6) is 0 Å². The number of hydrogen-bond donors (Lipinski definition) is 1. The Bertz CT molecular complexity index is 648. The highest BCUT2D eigenvalue weighted by molar-refractivity contribution is 5.68. The Morgan fingerprint density at radius 3 is 1.95 bits per heavy atom. The molecule has 21 heavy (non-hydrogen) atoms. The fourth-order valence-electron chi connectivity index (χ4n) is 2.48. The van der Waals surface area contributed by atoms with Crippen LogP contribution in [0.1, 0.15) is 50.7 Å². The van der Waals surface area contributed by atoms with Crippen molar-refractivity contribution in [3.05, 3.63) is 69.9 Å². The number of hydrogen-bond acceptors (Lipinski definition) is 2. The molecule has 0 aliphatic heterocycles. The lowest BCUT2D eigenvalue weighted by Crippen LogP contribution is -2.04. The molecular weight excluding hydrogens is 258 g/mol. The third kappa shape index (κ3) is 3.72. The smallest absolute Gasteiger partial charge is 0.180 e. The fraction of sp³-hybridized carbons (Fsp3) is 0.316. The van der Waals surface area contributed by atoms with Crippen LogP contribution >= 0.6 is 0 Å². The molecule has 2 aromatic carbocycles. The van der Waals surface area contributed by atoms with Crippen LogP contribution in [0.25, 0.3) is 0 Å². The maximum atomic E-state index is 11.7. The molecule has 0 unspecified atom stereocenters. The zero-order valence-corrected chi connectivity index (χ0v) is 13.2. The normalized spacial score (nSPS) is 11.0. The maximum absolute atomic E-state index is 11.7. The van der Waals surface area contributed by atoms with Crippen LogP contribution in [-0.4, -0.2) is 0 Å². The summed E-state index contributed by atoms with van der Waals surface area (Å²) in [4.78, 5) is 11.7. The first-order valence-corrected chi connectivity index (χ1v) is 7.49. The van der Waals surface area contributed by atoms with E-state index in [1.807, 2.05) is 12.1 Å². The summed E-state index contributed by atoms with van der Waals surface area (Å²) in [5, 5.41) is 3.46. The molecule has 110 valence electrons. The summed E-state index contributed by atoms with van der Waals surface area (Å²) in [6, 6.07) is 15.2. The molecule has 2 nitrogen and oxygen atoms in total. The van der Waals surface area contributed by atoms with Gasteiger partial charge in [-0.1, -0.05) is 58.0 Å². The van der Waals surface area contributed by atoms with Crippen molar-refractivity contribution in [3.8, 4) is 0 Å². The van der Waals surface area contributed by atoms with E-state index in [9.17, 15) is 4.79 Å². The molecule has 0 spiro atoms. The third-order valence-electron chi connectivity index (χ3n) is 3.59. The molecule has 0 saturated heterocycles. The van der Waals surface area contributed by atoms with Crippen molar-refractivity contribution in [3.63, 3.8) is 0 Å². The van der Waals surface area contributed by atoms with Crippen LogP contribution in [0.2, 0.25) is 0 Å². The zero-order chi connectivity index (χ0) is 15.4. The van der Waals surface area contributed by atoms with E-state index in [0.29, 0.717) is 11.8 Å². The number of para-hydroxylation sites is 1. The molecule has 0 aromatic heterocycles. The SMILES string of the molecule is CC(C)c1cccc(C(C)C)c1Nc1ccccc(=O)c1. The average molecular weight is 281 g/mol. The van der Waals surface area contributed by atoms with E-state index in [-0.39, 0.29) is 5.43 Å². The Balaban J connectivity index is 2.54. The van der Waals surface area contributed by atoms with Gasteiger partial charge in [0.1, 0.15) is 0 Å². The first kappa shape index (κ1) is 15.3. The molecule has 0 atom stereocenters. The number of nitrogens with one attached hydrogen (secondary N) is 1. The van der Waals surface area contributed by atoms with Gasteiger partial charge in [0.2, 0.25) is 0 Å². The Morgan fingerprint density at radius 2 is 1.38 bits per heavy atom. The van der Waals surface area contributed by atoms with Crippen molar-refractivity contribution in [2.45, 2.75) is 39.5 Å². The summed E-state index contributed by atoms with van der Waals surface area (Å²) in [6.07, 6.45) is 0. The molecule has 0 amide bonds. The van der Waals surface area contributed by atoms with E-state index in [2.05, 4.69) is 51.2 Å². The van der Waals surface area contributed by atoms with E-state index in [1.165, 1.54) is 11.1 Å². The van der Waals surface area contributed by atoms with E-state index < -0.39 is 0 Å². The molecule has 2 aromatic rings. The monoisotopic (exact) mass is 281 g/mol. The predicted molar refractivity (Wildman–Crippen MR) is 90.6 cm³/mol. The van der Waals surface area contributed by atoms with Gasteiger partial charge in [-0.2, -0.15) is 0 Å². The van der Waals surface area contributed by atoms with Gasteiger partial charge in [0.15, 0.2) is 5.43 Å². The second-order valence-electron chi connectivity index (χ2n) is 5.97.